The summed E-state index contributed by atoms with van der Waals surface area (Å²) in [5.41, 5.74) is 11.3. The Morgan fingerprint density at radius 2 is 1.16 bits per heavy atom. The lowest BCUT2D eigenvalue weighted by Crippen LogP contribution is -1.96. The maximum Gasteiger partial charge on any atom is 0.145 e. The molecule has 5 nitrogen and oxygen atoms in total. The molecule has 5 heteroatoms. The Balaban J connectivity index is 1.30. The van der Waals surface area contributed by atoms with Crippen LogP contribution in [0.15, 0.2) is 148 Å². The van der Waals surface area contributed by atoms with Crippen molar-refractivity contribution in [3.63, 3.8) is 0 Å². The van der Waals surface area contributed by atoms with Crippen molar-refractivity contribution in [1.29, 1.82) is 10.5 Å². The highest BCUT2D eigenvalue weighted by molar-refractivity contribution is 6.24. The molecular formula is C44H23N3O2. The van der Waals surface area contributed by atoms with Crippen molar-refractivity contribution >= 4 is 65.7 Å². The van der Waals surface area contributed by atoms with Gasteiger partial charge in [-0.15, -0.1) is 0 Å². The van der Waals surface area contributed by atoms with E-state index >= 15 is 0 Å². The van der Waals surface area contributed by atoms with Crippen LogP contribution in [0.3, 0.4) is 0 Å². The zero-order valence-corrected chi connectivity index (χ0v) is 25.9. The van der Waals surface area contributed by atoms with Gasteiger partial charge in [-0.1, -0.05) is 66.7 Å². The molecule has 3 heterocycles. The summed E-state index contributed by atoms with van der Waals surface area (Å²) < 4.78 is 15.3. The van der Waals surface area contributed by atoms with E-state index in [1.807, 2.05) is 66.7 Å². The zero-order valence-electron chi connectivity index (χ0n) is 25.9. The van der Waals surface area contributed by atoms with Gasteiger partial charge in [-0.2, -0.15) is 10.5 Å². The van der Waals surface area contributed by atoms with Crippen LogP contribution < -0.4 is 0 Å². The summed E-state index contributed by atoms with van der Waals surface area (Å²) in [6, 6.07) is 51.5. The van der Waals surface area contributed by atoms with Gasteiger partial charge in [-0.05, 0) is 89.5 Å². The fourth-order valence-electron chi connectivity index (χ4n) is 7.44. The van der Waals surface area contributed by atoms with E-state index in [0.717, 1.165) is 93.6 Å². The van der Waals surface area contributed by atoms with Gasteiger partial charge in [-0.25, -0.2) is 0 Å². The number of aromatic nitrogens is 1. The molecule has 3 aromatic heterocycles. The highest BCUT2D eigenvalue weighted by atomic mass is 16.3. The second-order valence-corrected chi connectivity index (χ2v) is 12.4. The molecule has 0 amide bonds. The number of benzene rings is 7. The Labute approximate surface area is 279 Å². The summed E-state index contributed by atoms with van der Waals surface area (Å²) in [6.07, 6.45) is 0. The average Bonchev–Trinajstić information content (AvgIpc) is 3.83. The summed E-state index contributed by atoms with van der Waals surface area (Å²) in [4.78, 5) is 0. The quantitative estimate of drug-likeness (QED) is 0.196. The molecule has 0 saturated carbocycles. The van der Waals surface area contributed by atoms with Crippen LogP contribution in [0.25, 0.3) is 93.6 Å². The van der Waals surface area contributed by atoms with Crippen LogP contribution in [0.1, 0.15) is 11.1 Å². The highest BCUT2D eigenvalue weighted by Crippen LogP contribution is 2.43. The molecule has 226 valence electrons. The van der Waals surface area contributed by atoms with Crippen LogP contribution in [0, 0.1) is 22.7 Å². The van der Waals surface area contributed by atoms with E-state index in [2.05, 4.69) is 83.4 Å². The first-order chi connectivity index (χ1) is 24.2. The highest BCUT2D eigenvalue weighted by Gasteiger charge is 2.20. The van der Waals surface area contributed by atoms with Gasteiger partial charge in [0.15, 0.2) is 0 Å². The van der Waals surface area contributed by atoms with E-state index in [9.17, 15) is 10.5 Å². The Morgan fingerprint density at radius 1 is 0.449 bits per heavy atom. The average molecular weight is 626 g/mol. The predicted octanol–water partition coefficient (Wildman–Crippen LogP) is 11.7. The van der Waals surface area contributed by atoms with Crippen molar-refractivity contribution in [2.75, 3.05) is 0 Å². The van der Waals surface area contributed by atoms with Crippen LogP contribution in [-0.4, -0.2) is 4.57 Å². The first-order valence-corrected chi connectivity index (χ1v) is 16.0. The van der Waals surface area contributed by atoms with Gasteiger partial charge < -0.3 is 13.4 Å². The largest absolute Gasteiger partial charge is 0.455 e. The molecule has 0 spiro atoms. The maximum absolute atomic E-state index is 9.75. The molecule has 0 radical (unpaired) electrons. The molecule has 0 N–H and O–H groups in total. The van der Waals surface area contributed by atoms with Crippen LogP contribution >= 0.6 is 0 Å². The molecule has 10 aromatic rings. The topological polar surface area (TPSA) is 78.8 Å². The van der Waals surface area contributed by atoms with Crippen molar-refractivity contribution in [3.05, 3.63) is 151 Å². The van der Waals surface area contributed by atoms with E-state index in [0.29, 0.717) is 11.1 Å². The van der Waals surface area contributed by atoms with Crippen LogP contribution in [-0.2, 0) is 0 Å². The van der Waals surface area contributed by atoms with Crippen LogP contribution in [0.4, 0.5) is 0 Å². The van der Waals surface area contributed by atoms with Crippen molar-refractivity contribution in [3.8, 4) is 40.1 Å². The number of hydrogen-bond donors (Lipinski definition) is 0. The Hall–Kier alpha value is -7.08. The molecule has 0 saturated heterocycles. The number of hydrogen-bond acceptors (Lipinski definition) is 4. The third-order valence-corrected chi connectivity index (χ3v) is 9.62. The summed E-state index contributed by atoms with van der Waals surface area (Å²) >= 11 is 0. The van der Waals surface area contributed by atoms with Gasteiger partial charge in [0, 0.05) is 38.2 Å². The molecule has 0 aliphatic heterocycles. The second-order valence-electron chi connectivity index (χ2n) is 12.4. The van der Waals surface area contributed by atoms with Gasteiger partial charge in [0.2, 0.25) is 0 Å². The minimum atomic E-state index is 0.590. The fraction of sp³-hybridized carbons (Fsp3) is 0. The van der Waals surface area contributed by atoms with Crippen molar-refractivity contribution in [1.82, 2.24) is 4.57 Å². The Morgan fingerprint density at radius 3 is 2.06 bits per heavy atom. The molecule has 10 rings (SSSR count). The van der Waals surface area contributed by atoms with Gasteiger partial charge in [0.05, 0.1) is 39.7 Å². The molecule has 49 heavy (non-hydrogen) atoms. The van der Waals surface area contributed by atoms with Crippen molar-refractivity contribution in [2.45, 2.75) is 0 Å². The van der Waals surface area contributed by atoms with E-state index in [-0.39, 0.29) is 0 Å². The normalized spacial score (nSPS) is 11.6. The van der Waals surface area contributed by atoms with Crippen molar-refractivity contribution < 1.29 is 8.83 Å². The predicted molar refractivity (Wildman–Crippen MR) is 196 cm³/mol. The van der Waals surface area contributed by atoms with Crippen molar-refractivity contribution in [2.24, 2.45) is 0 Å². The van der Waals surface area contributed by atoms with E-state index in [4.69, 9.17) is 8.83 Å². The third-order valence-electron chi connectivity index (χ3n) is 9.62. The van der Waals surface area contributed by atoms with E-state index in [1.165, 1.54) is 0 Å². The first kappa shape index (κ1) is 27.1. The van der Waals surface area contributed by atoms with E-state index < -0.39 is 0 Å². The van der Waals surface area contributed by atoms with Gasteiger partial charge in [-0.3, -0.25) is 0 Å². The van der Waals surface area contributed by atoms with Crippen LogP contribution in [0.5, 0.6) is 0 Å². The smallest absolute Gasteiger partial charge is 0.145 e. The minimum Gasteiger partial charge on any atom is -0.455 e. The lowest BCUT2D eigenvalue weighted by atomic mass is 9.95. The third kappa shape index (κ3) is 3.97. The van der Waals surface area contributed by atoms with Gasteiger partial charge in [0.1, 0.15) is 22.3 Å². The van der Waals surface area contributed by atoms with Gasteiger partial charge in [0.25, 0.3) is 0 Å². The SMILES string of the molecule is N#Cc1cccc(-c2cc(-c3cccc4c3oc3ccc(C#N)cc34)cc(-n3c4ccccc4c4c5oc6ccccc6c5ccc43)c2)c1. The van der Waals surface area contributed by atoms with Gasteiger partial charge >= 0.3 is 0 Å². The number of para-hydroxylation sites is 3. The molecule has 0 fully saturated rings. The second kappa shape index (κ2) is 10.2. The number of rotatable bonds is 3. The maximum atomic E-state index is 9.75. The van der Waals surface area contributed by atoms with Crippen LogP contribution in [0.2, 0.25) is 0 Å². The minimum absolute atomic E-state index is 0.590. The standard InChI is InChI=1S/C44H23N3O2/c45-24-26-7-5-8-28(19-26)29-21-30(32-11-6-12-34-37-20-27(25-46)15-18-41(37)48-43(32)34)23-31(22-29)47-38-13-3-1-10-36(38)42-39(47)17-16-35-33-9-2-4-14-40(33)49-44(35)42/h1-23H. The monoisotopic (exact) mass is 625 g/mol. The number of nitriles is 2. The molecule has 7 aromatic carbocycles. The fourth-order valence-corrected chi connectivity index (χ4v) is 7.44. The van der Waals surface area contributed by atoms with E-state index in [1.54, 1.807) is 6.07 Å². The molecular weight excluding hydrogens is 603 g/mol. The molecule has 0 bridgehead atoms. The molecule has 0 aliphatic carbocycles. The number of nitrogens with zero attached hydrogens (tertiary/aromatic N) is 3. The number of furan rings is 2. The first-order valence-electron chi connectivity index (χ1n) is 16.0. The molecule has 0 atom stereocenters. The molecule has 0 unspecified atom stereocenters. The summed E-state index contributed by atoms with van der Waals surface area (Å²) in [5, 5.41) is 25.5. The zero-order chi connectivity index (χ0) is 32.6. The Bertz CT molecular complexity index is 3090. The molecule has 0 aliphatic rings. The summed E-state index contributed by atoms with van der Waals surface area (Å²) in [5.74, 6) is 0. The lowest BCUT2D eigenvalue weighted by Gasteiger charge is -2.14. The summed E-state index contributed by atoms with van der Waals surface area (Å²) in [6.45, 7) is 0. The summed E-state index contributed by atoms with van der Waals surface area (Å²) in [7, 11) is 0. The Kier molecular flexibility index (Phi) is 5.64. The lowest BCUT2D eigenvalue weighted by molar-refractivity contribution is 0.670. The number of fused-ring (bicyclic) bond motifs is 10.